The van der Waals surface area contributed by atoms with Crippen LogP contribution in [0.2, 0.25) is 0 Å². The second-order valence-corrected chi connectivity index (χ2v) is 3.35. The molecule has 0 saturated carbocycles. The minimum Gasteiger partial charge on any atom is -0.362 e. The monoisotopic (exact) mass is 147 g/mol. The topological polar surface area (TPSA) is 24.1 Å². The van der Waals surface area contributed by atoms with Gasteiger partial charge in [-0.1, -0.05) is 6.07 Å². The van der Waals surface area contributed by atoms with Gasteiger partial charge in [0.05, 0.1) is 11.4 Å². The van der Waals surface area contributed by atoms with Crippen LogP contribution < -0.4 is 10.6 Å². The third-order valence-electron chi connectivity index (χ3n) is 1.76. The number of fused-ring (bicyclic) bond motifs is 1. The fourth-order valence-electron chi connectivity index (χ4n) is 1.35. The summed E-state index contributed by atoms with van der Waals surface area (Å²) in [4.78, 5) is 0. The fourth-order valence-corrected chi connectivity index (χ4v) is 1.35. The third kappa shape index (κ3) is 1.04. The lowest BCUT2D eigenvalue weighted by Gasteiger charge is -2.19. The van der Waals surface area contributed by atoms with Gasteiger partial charge in [-0.15, -0.1) is 0 Å². The zero-order valence-electron chi connectivity index (χ0n) is 6.73. The Morgan fingerprint density at radius 2 is 2.00 bits per heavy atom. The maximum absolute atomic E-state index is 3.34. The molecule has 1 aromatic carbocycles. The average Bonchev–Trinajstić information content (AvgIpc) is 2.21. The highest BCUT2D eigenvalue weighted by Crippen LogP contribution is 2.32. The molecule has 1 radical (unpaired) electrons. The Bertz CT molecular complexity index is 252. The smallest absolute Gasteiger partial charge is 0.102 e. The summed E-state index contributed by atoms with van der Waals surface area (Å²) in [5, 5.41) is 6.67. The molecule has 1 aliphatic heterocycles. The van der Waals surface area contributed by atoms with E-state index in [1.165, 1.54) is 0 Å². The van der Waals surface area contributed by atoms with Crippen LogP contribution in [0.1, 0.15) is 13.8 Å². The lowest BCUT2D eigenvalue weighted by molar-refractivity contribution is 0.675. The van der Waals surface area contributed by atoms with Gasteiger partial charge >= 0.3 is 0 Å². The van der Waals surface area contributed by atoms with Gasteiger partial charge in [0.15, 0.2) is 0 Å². The van der Waals surface area contributed by atoms with Crippen molar-refractivity contribution in [3.05, 3.63) is 24.3 Å². The van der Waals surface area contributed by atoms with Gasteiger partial charge in [-0.2, -0.15) is 0 Å². The van der Waals surface area contributed by atoms with Crippen LogP contribution in [0.3, 0.4) is 0 Å². The molecule has 57 valence electrons. The normalized spacial score (nSPS) is 18.4. The maximum atomic E-state index is 3.34. The average molecular weight is 147 g/mol. The first-order valence-electron chi connectivity index (χ1n) is 3.74. The molecule has 2 heteroatoms. The van der Waals surface area contributed by atoms with E-state index in [0.717, 1.165) is 11.4 Å². The van der Waals surface area contributed by atoms with Crippen LogP contribution in [0.4, 0.5) is 11.4 Å². The molecule has 2 N–H and O–H groups in total. The summed E-state index contributed by atoms with van der Waals surface area (Å²) >= 11 is 0. The molecule has 0 amide bonds. The summed E-state index contributed by atoms with van der Waals surface area (Å²) in [7, 11) is 0. The highest BCUT2D eigenvalue weighted by atomic mass is 15.2. The summed E-state index contributed by atoms with van der Waals surface area (Å²) < 4.78 is 0. The molecular weight excluding hydrogens is 136 g/mol. The lowest BCUT2D eigenvalue weighted by atomic mass is 10.3. The van der Waals surface area contributed by atoms with Crippen molar-refractivity contribution in [1.29, 1.82) is 0 Å². The first kappa shape index (κ1) is 6.53. The summed E-state index contributed by atoms with van der Waals surface area (Å²) in [6.07, 6.45) is 0. The van der Waals surface area contributed by atoms with E-state index in [1.807, 2.05) is 18.2 Å². The molecule has 11 heavy (non-hydrogen) atoms. The highest BCUT2D eigenvalue weighted by Gasteiger charge is 2.24. The van der Waals surface area contributed by atoms with Crippen LogP contribution in [0.15, 0.2) is 18.2 Å². The predicted octanol–water partition coefficient (Wildman–Crippen LogP) is 2.06. The predicted molar refractivity (Wildman–Crippen MR) is 46.6 cm³/mol. The van der Waals surface area contributed by atoms with Crippen molar-refractivity contribution >= 4 is 11.4 Å². The number of anilines is 2. The van der Waals surface area contributed by atoms with E-state index in [1.54, 1.807) is 0 Å². The molecule has 0 atom stereocenters. The number of hydrogen-bond acceptors (Lipinski definition) is 2. The van der Waals surface area contributed by atoms with Gasteiger partial charge in [0.25, 0.3) is 0 Å². The van der Waals surface area contributed by atoms with Gasteiger partial charge in [-0.3, -0.25) is 0 Å². The first-order chi connectivity index (χ1) is 5.17. The Kier molecular flexibility index (Phi) is 1.13. The minimum atomic E-state index is -0.0163. The molecule has 1 aliphatic rings. The SMILES string of the molecule is CC1(C)Nc2c[c]ccc2N1. The Morgan fingerprint density at radius 3 is 2.73 bits per heavy atom. The largest absolute Gasteiger partial charge is 0.362 e. The molecule has 0 bridgehead atoms. The molecule has 0 unspecified atom stereocenters. The van der Waals surface area contributed by atoms with Gasteiger partial charge in [-0.05, 0) is 32.0 Å². The molecular formula is C9H11N2. The number of hydrogen-bond donors (Lipinski definition) is 2. The molecule has 0 spiro atoms. The number of nitrogens with one attached hydrogen (secondary N) is 2. The third-order valence-corrected chi connectivity index (χ3v) is 1.76. The van der Waals surface area contributed by atoms with Crippen LogP contribution >= 0.6 is 0 Å². The highest BCUT2D eigenvalue weighted by molar-refractivity contribution is 5.75. The van der Waals surface area contributed by atoms with E-state index in [4.69, 9.17) is 0 Å². The van der Waals surface area contributed by atoms with Gasteiger partial charge in [0, 0.05) is 0 Å². The zero-order chi connectivity index (χ0) is 7.90. The standard InChI is InChI=1S/C9H11N2/c1-9(2)10-7-5-3-4-6-8(7)11-9/h3,5-6,10-11H,1-2H3. The van der Waals surface area contributed by atoms with Crippen LogP contribution in [-0.4, -0.2) is 5.66 Å². The Morgan fingerprint density at radius 1 is 1.27 bits per heavy atom. The molecule has 0 saturated heterocycles. The molecule has 0 aliphatic carbocycles. The van der Waals surface area contributed by atoms with Crippen LogP contribution in [0.5, 0.6) is 0 Å². The molecule has 0 aromatic heterocycles. The van der Waals surface area contributed by atoms with E-state index < -0.39 is 0 Å². The van der Waals surface area contributed by atoms with Gasteiger partial charge in [-0.25, -0.2) is 0 Å². The van der Waals surface area contributed by atoms with E-state index >= 15 is 0 Å². The zero-order valence-corrected chi connectivity index (χ0v) is 6.73. The molecule has 1 heterocycles. The van der Waals surface area contributed by atoms with Crippen molar-refractivity contribution in [3.63, 3.8) is 0 Å². The summed E-state index contributed by atoms with van der Waals surface area (Å²) in [6, 6.07) is 8.92. The van der Waals surface area contributed by atoms with Crippen LogP contribution in [-0.2, 0) is 0 Å². The Hall–Kier alpha value is -1.18. The van der Waals surface area contributed by atoms with Crippen molar-refractivity contribution in [2.24, 2.45) is 0 Å². The molecule has 0 fully saturated rings. The molecule has 2 nitrogen and oxygen atoms in total. The minimum absolute atomic E-state index is 0.0163. The van der Waals surface area contributed by atoms with Crippen molar-refractivity contribution in [2.45, 2.75) is 19.5 Å². The van der Waals surface area contributed by atoms with Gasteiger partial charge in [0.1, 0.15) is 5.66 Å². The van der Waals surface area contributed by atoms with E-state index in [9.17, 15) is 0 Å². The maximum Gasteiger partial charge on any atom is 0.102 e. The summed E-state index contributed by atoms with van der Waals surface area (Å²) in [5.74, 6) is 0. The van der Waals surface area contributed by atoms with Crippen molar-refractivity contribution < 1.29 is 0 Å². The van der Waals surface area contributed by atoms with Crippen molar-refractivity contribution in [1.82, 2.24) is 0 Å². The van der Waals surface area contributed by atoms with Crippen LogP contribution in [0.25, 0.3) is 0 Å². The van der Waals surface area contributed by atoms with Crippen molar-refractivity contribution in [2.75, 3.05) is 10.6 Å². The Labute approximate surface area is 66.6 Å². The quantitative estimate of drug-likeness (QED) is 0.587. The van der Waals surface area contributed by atoms with Gasteiger partial charge < -0.3 is 10.6 Å². The second-order valence-electron chi connectivity index (χ2n) is 3.35. The van der Waals surface area contributed by atoms with E-state index in [0.29, 0.717) is 0 Å². The number of benzene rings is 1. The summed E-state index contributed by atoms with van der Waals surface area (Å²) in [5.41, 5.74) is 2.28. The lowest BCUT2D eigenvalue weighted by Crippen LogP contribution is -2.33. The second kappa shape index (κ2) is 1.91. The number of rotatable bonds is 0. The van der Waals surface area contributed by atoms with Crippen LogP contribution in [0, 0.1) is 6.07 Å². The Balaban J connectivity index is 2.41. The fraction of sp³-hybridized carbons (Fsp3) is 0.333. The van der Waals surface area contributed by atoms with Gasteiger partial charge in [0.2, 0.25) is 0 Å². The molecule has 1 aromatic rings. The van der Waals surface area contributed by atoms with E-state index in [2.05, 4.69) is 30.5 Å². The van der Waals surface area contributed by atoms with E-state index in [-0.39, 0.29) is 5.66 Å². The summed E-state index contributed by atoms with van der Waals surface area (Å²) in [6.45, 7) is 4.21. The first-order valence-corrected chi connectivity index (χ1v) is 3.74. The van der Waals surface area contributed by atoms with Crippen molar-refractivity contribution in [3.8, 4) is 0 Å². The molecule has 2 rings (SSSR count).